The van der Waals surface area contributed by atoms with Crippen LogP contribution in [0.4, 0.5) is 21.7 Å². The van der Waals surface area contributed by atoms with Crippen LogP contribution >= 0.6 is 0 Å². The highest BCUT2D eigenvalue weighted by Crippen LogP contribution is 2.21. The number of benzene rings is 1. The SMILES string of the molecule is Cc1ncc(NCc2ccc(F)cn2)cc1Nc1ncn(-c2ccccc2)n1. The van der Waals surface area contributed by atoms with E-state index < -0.39 is 0 Å². The fourth-order valence-corrected chi connectivity index (χ4v) is 2.61. The summed E-state index contributed by atoms with van der Waals surface area (Å²) < 4.78 is 14.7. The largest absolute Gasteiger partial charge is 0.378 e. The maximum atomic E-state index is 12.9. The van der Waals surface area contributed by atoms with Crippen molar-refractivity contribution in [3.8, 4) is 5.69 Å². The Hall–Kier alpha value is -3.81. The molecule has 0 saturated heterocycles. The number of para-hydroxylation sites is 1. The molecule has 0 amide bonds. The van der Waals surface area contributed by atoms with E-state index in [-0.39, 0.29) is 5.82 Å². The van der Waals surface area contributed by atoms with E-state index in [1.54, 1.807) is 23.3 Å². The summed E-state index contributed by atoms with van der Waals surface area (Å²) in [6.07, 6.45) is 4.59. The third-order valence-electron chi connectivity index (χ3n) is 4.11. The maximum absolute atomic E-state index is 12.9. The van der Waals surface area contributed by atoms with Gasteiger partial charge in [0, 0.05) is 0 Å². The summed E-state index contributed by atoms with van der Waals surface area (Å²) in [7, 11) is 0. The molecule has 0 aliphatic rings. The van der Waals surface area contributed by atoms with Crippen molar-refractivity contribution in [3.05, 3.63) is 84.5 Å². The molecule has 0 bridgehead atoms. The molecule has 0 unspecified atom stereocenters. The van der Waals surface area contributed by atoms with Crippen molar-refractivity contribution >= 4 is 17.3 Å². The second-order valence-corrected chi connectivity index (χ2v) is 6.15. The lowest BCUT2D eigenvalue weighted by Crippen LogP contribution is -2.04. The van der Waals surface area contributed by atoms with Gasteiger partial charge in [-0.2, -0.15) is 4.98 Å². The van der Waals surface area contributed by atoms with Gasteiger partial charge in [0.05, 0.1) is 47.4 Å². The number of aryl methyl sites for hydroxylation is 1. The molecule has 3 heterocycles. The van der Waals surface area contributed by atoms with E-state index in [4.69, 9.17) is 0 Å². The van der Waals surface area contributed by atoms with Gasteiger partial charge < -0.3 is 10.6 Å². The minimum absolute atomic E-state index is 0.352. The van der Waals surface area contributed by atoms with Gasteiger partial charge in [-0.05, 0) is 37.3 Å². The quantitative estimate of drug-likeness (QED) is 0.533. The van der Waals surface area contributed by atoms with Gasteiger partial charge in [0.15, 0.2) is 0 Å². The van der Waals surface area contributed by atoms with Gasteiger partial charge in [0.1, 0.15) is 12.1 Å². The lowest BCUT2D eigenvalue weighted by atomic mass is 10.2. The van der Waals surface area contributed by atoms with Crippen LogP contribution in [0.15, 0.2) is 67.3 Å². The minimum Gasteiger partial charge on any atom is -0.378 e. The molecule has 2 N–H and O–H groups in total. The summed E-state index contributed by atoms with van der Waals surface area (Å²) in [6, 6.07) is 14.7. The second-order valence-electron chi connectivity index (χ2n) is 6.15. The molecule has 0 saturated carbocycles. The summed E-state index contributed by atoms with van der Waals surface area (Å²) in [6.45, 7) is 2.37. The Labute approximate surface area is 161 Å². The molecular formula is C20H18FN7. The first-order chi connectivity index (χ1) is 13.7. The number of pyridine rings is 2. The Kier molecular flexibility index (Phi) is 4.92. The molecule has 3 aromatic heterocycles. The zero-order valence-corrected chi connectivity index (χ0v) is 15.2. The summed E-state index contributed by atoms with van der Waals surface area (Å²) in [5.74, 6) is 0.126. The Morgan fingerprint density at radius 1 is 1.00 bits per heavy atom. The van der Waals surface area contributed by atoms with Crippen molar-refractivity contribution in [3.63, 3.8) is 0 Å². The van der Waals surface area contributed by atoms with Gasteiger partial charge >= 0.3 is 0 Å². The molecule has 28 heavy (non-hydrogen) atoms. The van der Waals surface area contributed by atoms with E-state index in [2.05, 4.69) is 30.7 Å². The first-order valence-corrected chi connectivity index (χ1v) is 8.72. The zero-order chi connectivity index (χ0) is 19.3. The van der Waals surface area contributed by atoms with E-state index in [9.17, 15) is 4.39 Å². The topological polar surface area (TPSA) is 80.5 Å². The normalized spacial score (nSPS) is 10.6. The number of nitrogens with zero attached hydrogens (tertiary/aromatic N) is 5. The van der Waals surface area contributed by atoms with Crippen LogP contribution in [0.2, 0.25) is 0 Å². The number of aromatic nitrogens is 5. The van der Waals surface area contributed by atoms with Crippen LogP contribution < -0.4 is 10.6 Å². The van der Waals surface area contributed by atoms with Gasteiger partial charge in [0.25, 0.3) is 0 Å². The molecule has 7 nitrogen and oxygen atoms in total. The smallest absolute Gasteiger partial charge is 0.247 e. The van der Waals surface area contributed by atoms with Crippen LogP contribution in [0.25, 0.3) is 5.69 Å². The number of hydrogen-bond acceptors (Lipinski definition) is 6. The first kappa shape index (κ1) is 17.6. The standard InChI is InChI=1S/C20H18FN7/c1-14-19(26-20-25-13-28(27-20)18-5-3-2-4-6-18)9-17(12-22-14)24-11-16-8-7-15(21)10-23-16/h2-10,12-13,24H,11H2,1H3,(H,26,27). The molecule has 0 spiro atoms. The van der Waals surface area contributed by atoms with Gasteiger partial charge in [-0.25, -0.2) is 9.07 Å². The minimum atomic E-state index is -0.352. The number of hydrogen-bond donors (Lipinski definition) is 2. The molecule has 4 aromatic rings. The van der Waals surface area contributed by atoms with Gasteiger partial charge in [-0.15, -0.1) is 5.10 Å². The monoisotopic (exact) mass is 375 g/mol. The van der Waals surface area contributed by atoms with Crippen LogP contribution in [0.3, 0.4) is 0 Å². The van der Waals surface area contributed by atoms with Crippen LogP contribution in [0.5, 0.6) is 0 Å². The molecule has 4 rings (SSSR count). The van der Waals surface area contributed by atoms with Gasteiger partial charge in [0.2, 0.25) is 5.95 Å². The van der Waals surface area contributed by atoms with E-state index in [1.165, 1.54) is 12.3 Å². The van der Waals surface area contributed by atoms with E-state index >= 15 is 0 Å². The molecule has 0 radical (unpaired) electrons. The summed E-state index contributed by atoms with van der Waals surface area (Å²) in [4.78, 5) is 12.7. The molecule has 0 atom stereocenters. The molecule has 1 aromatic carbocycles. The summed E-state index contributed by atoms with van der Waals surface area (Å²) in [5.41, 5.74) is 4.09. The Morgan fingerprint density at radius 2 is 1.86 bits per heavy atom. The zero-order valence-electron chi connectivity index (χ0n) is 15.2. The van der Waals surface area contributed by atoms with Crippen molar-refractivity contribution in [1.29, 1.82) is 0 Å². The average Bonchev–Trinajstić information content (AvgIpc) is 3.19. The van der Waals surface area contributed by atoms with Crippen molar-refractivity contribution in [2.24, 2.45) is 0 Å². The van der Waals surface area contributed by atoms with Crippen LogP contribution in [-0.2, 0) is 6.54 Å². The van der Waals surface area contributed by atoms with Crippen LogP contribution in [0.1, 0.15) is 11.4 Å². The molecule has 0 aliphatic heterocycles. The Morgan fingerprint density at radius 3 is 2.64 bits per heavy atom. The highest BCUT2D eigenvalue weighted by Gasteiger charge is 2.07. The number of halogens is 1. The highest BCUT2D eigenvalue weighted by molar-refractivity contribution is 5.62. The Balaban J connectivity index is 1.47. The maximum Gasteiger partial charge on any atom is 0.247 e. The Bertz CT molecular complexity index is 1060. The molecule has 0 aliphatic carbocycles. The molecule has 140 valence electrons. The summed E-state index contributed by atoms with van der Waals surface area (Å²) >= 11 is 0. The van der Waals surface area contributed by atoms with Crippen molar-refractivity contribution in [2.75, 3.05) is 10.6 Å². The molecule has 0 fully saturated rings. The number of nitrogens with one attached hydrogen (secondary N) is 2. The fraction of sp³-hybridized carbons (Fsp3) is 0.100. The van der Waals surface area contributed by atoms with Crippen LogP contribution in [-0.4, -0.2) is 24.7 Å². The van der Waals surface area contributed by atoms with Gasteiger partial charge in [-0.3, -0.25) is 9.97 Å². The first-order valence-electron chi connectivity index (χ1n) is 8.72. The fourth-order valence-electron chi connectivity index (χ4n) is 2.61. The molecule has 8 heteroatoms. The van der Waals surface area contributed by atoms with Crippen molar-refractivity contribution in [2.45, 2.75) is 13.5 Å². The second kappa shape index (κ2) is 7.83. The predicted octanol–water partition coefficient (Wildman–Crippen LogP) is 3.86. The average molecular weight is 375 g/mol. The van der Waals surface area contributed by atoms with Crippen LogP contribution in [0, 0.1) is 12.7 Å². The van der Waals surface area contributed by atoms with Crippen molar-refractivity contribution in [1.82, 2.24) is 24.7 Å². The third-order valence-corrected chi connectivity index (χ3v) is 4.11. The lowest BCUT2D eigenvalue weighted by molar-refractivity contribution is 0.619. The lowest BCUT2D eigenvalue weighted by Gasteiger charge is -2.10. The number of rotatable bonds is 6. The van der Waals surface area contributed by atoms with E-state index in [0.717, 1.165) is 28.5 Å². The third kappa shape index (κ3) is 4.12. The molecular weight excluding hydrogens is 357 g/mol. The summed E-state index contributed by atoms with van der Waals surface area (Å²) in [5, 5.41) is 10.9. The van der Waals surface area contributed by atoms with E-state index in [1.807, 2.05) is 43.3 Å². The number of anilines is 3. The predicted molar refractivity (Wildman–Crippen MR) is 105 cm³/mol. The highest BCUT2D eigenvalue weighted by atomic mass is 19.1. The van der Waals surface area contributed by atoms with E-state index in [0.29, 0.717) is 12.5 Å². The van der Waals surface area contributed by atoms with Crippen molar-refractivity contribution < 1.29 is 4.39 Å². The van der Waals surface area contributed by atoms with Gasteiger partial charge in [-0.1, -0.05) is 18.2 Å².